The van der Waals surface area contributed by atoms with Crippen LogP contribution in [0.25, 0.3) is 0 Å². The third kappa shape index (κ3) is 2.19. The van der Waals surface area contributed by atoms with Gasteiger partial charge in [-0.15, -0.1) is 0 Å². The maximum atomic E-state index is 11.4. The normalized spacial score (nSPS) is 20.5. The fourth-order valence-electron chi connectivity index (χ4n) is 1.12. The van der Waals surface area contributed by atoms with Crippen LogP contribution in [0.15, 0.2) is 0 Å². The van der Waals surface area contributed by atoms with Crippen molar-refractivity contribution in [1.29, 1.82) is 0 Å². The number of hydrogen-bond donors (Lipinski definition) is 1. The topological polar surface area (TPSA) is 72.5 Å². The highest BCUT2D eigenvalue weighted by Gasteiger charge is 2.45. The number of amides is 1. The SMILES string of the molecule is CCC1(C(=O)NS(C)(=O)=O)COC1. The van der Waals surface area contributed by atoms with E-state index >= 15 is 0 Å². The number of nitrogens with one attached hydrogen (secondary N) is 1. The Balaban J connectivity index is 2.67. The first-order valence-corrected chi connectivity index (χ1v) is 5.89. The Labute approximate surface area is 77.5 Å². The first-order valence-electron chi connectivity index (χ1n) is 3.99. The molecule has 1 rings (SSSR count). The third-order valence-electron chi connectivity index (χ3n) is 2.19. The molecular formula is C7H13NO4S. The predicted molar refractivity (Wildman–Crippen MR) is 46.5 cm³/mol. The molecule has 0 saturated carbocycles. The summed E-state index contributed by atoms with van der Waals surface area (Å²) < 4.78 is 28.4. The highest BCUT2D eigenvalue weighted by Crippen LogP contribution is 2.31. The van der Waals surface area contributed by atoms with Gasteiger partial charge in [0, 0.05) is 0 Å². The number of ether oxygens (including phenoxy) is 1. The zero-order chi connectivity index (χ0) is 10.1. The first-order chi connectivity index (χ1) is 5.90. The van der Waals surface area contributed by atoms with Crippen LogP contribution in [0.2, 0.25) is 0 Å². The Kier molecular flexibility index (Phi) is 2.63. The molecule has 0 aromatic heterocycles. The molecule has 0 atom stereocenters. The van der Waals surface area contributed by atoms with Crippen LogP contribution in [0.3, 0.4) is 0 Å². The molecule has 0 unspecified atom stereocenters. The monoisotopic (exact) mass is 207 g/mol. The Bertz CT molecular complexity index is 299. The van der Waals surface area contributed by atoms with Gasteiger partial charge >= 0.3 is 0 Å². The van der Waals surface area contributed by atoms with Crippen LogP contribution in [-0.2, 0) is 19.6 Å². The van der Waals surface area contributed by atoms with Crippen LogP contribution in [-0.4, -0.2) is 33.8 Å². The number of carbonyl (C=O) groups is 1. The summed E-state index contributed by atoms with van der Waals surface area (Å²) in [5, 5.41) is 0. The molecule has 6 heteroatoms. The molecule has 1 aliphatic rings. The maximum absolute atomic E-state index is 11.4. The van der Waals surface area contributed by atoms with Gasteiger partial charge in [-0.05, 0) is 6.42 Å². The standard InChI is InChI=1S/C7H13NO4S/c1-3-7(4-12-5-7)6(9)8-13(2,10)11/h3-5H2,1-2H3,(H,8,9). The van der Waals surface area contributed by atoms with Crippen molar-refractivity contribution in [3.05, 3.63) is 0 Å². The van der Waals surface area contributed by atoms with Gasteiger partial charge in [0.1, 0.15) is 0 Å². The molecule has 0 spiro atoms. The minimum Gasteiger partial charge on any atom is -0.379 e. The van der Waals surface area contributed by atoms with Crippen LogP contribution in [0, 0.1) is 5.41 Å². The molecule has 1 fully saturated rings. The molecule has 1 saturated heterocycles. The zero-order valence-corrected chi connectivity index (χ0v) is 8.48. The van der Waals surface area contributed by atoms with Crippen LogP contribution in [0.5, 0.6) is 0 Å². The highest BCUT2D eigenvalue weighted by atomic mass is 32.2. The summed E-state index contributed by atoms with van der Waals surface area (Å²) in [4.78, 5) is 11.4. The van der Waals surface area contributed by atoms with Crippen molar-refractivity contribution >= 4 is 15.9 Å². The lowest BCUT2D eigenvalue weighted by Gasteiger charge is -2.38. The molecule has 0 bridgehead atoms. The third-order valence-corrected chi connectivity index (χ3v) is 2.75. The quantitative estimate of drug-likeness (QED) is 0.676. The van der Waals surface area contributed by atoms with Crippen LogP contribution in [0.4, 0.5) is 0 Å². The Morgan fingerprint density at radius 3 is 2.31 bits per heavy atom. The Morgan fingerprint density at radius 1 is 1.54 bits per heavy atom. The van der Waals surface area contributed by atoms with Gasteiger partial charge in [-0.2, -0.15) is 0 Å². The average molecular weight is 207 g/mol. The molecule has 5 nitrogen and oxygen atoms in total. The van der Waals surface area contributed by atoms with E-state index in [0.717, 1.165) is 6.26 Å². The van der Waals surface area contributed by atoms with E-state index in [2.05, 4.69) is 0 Å². The van der Waals surface area contributed by atoms with Crippen molar-refractivity contribution < 1.29 is 17.9 Å². The van der Waals surface area contributed by atoms with E-state index in [0.29, 0.717) is 19.6 Å². The van der Waals surface area contributed by atoms with Crippen LogP contribution >= 0.6 is 0 Å². The highest BCUT2D eigenvalue weighted by molar-refractivity contribution is 7.89. The van der Waals surface area contributed by atoms with Gasteiger partial charge in [-0.25, -0.2) is 8.42 Å². The summed E-state index contributed by atoms with van der Waals surface area (Å²) in [6.45, 7) is 2.46. The van der Waals surface area contributed by atoms with E-state index in [1.54, 1.807) is 0 Å². The van der Waals surface area contributed by atoms with Gasteiger partial charge < -0.3 is 4.74 Å². The first kappa shape index (κ1) is 10.5. The lowest BCUT2D eigenvalue weighted by Crippen LogP contribution is -2.54. The zero-order valence-electron chi connectivity index (χ0n) is 7.66. The molecule has 0 aromatic carbocycles. The van der Waals surface area contributed by atoms with Gasteiger partial charge in [-0.3, -0.25) is 9.52 Å². The molecule has 0 aliphatic carbocycles. The predicted octanol–water partition coefficient (Wildman–Crippen LogP) is -0.511. The van der Waals surface area contributed by atoms with Crippen molar-refractivity contribution in [2.45, 2.75) is 13.3 Å². The summed E-state index contributed by atoms with van der Waals surface area (Å²) in [6, 6.07) is 0. The van der Waals surface area contributed by atoms with E-state index in [1.165, 1.54) is 0 Å². The van der Waals surface area contributed by atoms with Crippen molar-refractivity contribution in [2.24, 2.45) is 5.41 Å². The van der Waals surface area contributed by atoms with E-state index in [4.69, 9.17) is 4.74 Å². The van der Waals surface area contributed by atoms with E-state index < -0.39 is 21.3 Å². The fourth-order valence-corrected chi connectivity index (χ4v) is 1.67. The lowest BCUT2D eigenvalue weighted by atomic mass is 9.82. The molecule has 1 aliphatic heterocycles. The van der Waals surface area contributed by atoms with E-state index in [-0.39, 0.29) is 0 Å². The smallest absolute Gasteiger partial charge is 0.244 e. The molecular weight excluding hydrogens is 194 g/mol. The van der Waals surface area contributed by atoms with Gasteiger partial charge in [0.05, 0.1) is 24.9 Å². The van der Waals surface area contributed by atoms with E-state index in [9.17, 15) is 13.2 Å². The minimum absolute atomic E-state index is 0.310. The summed E-state index contributed by atoms with van der Waals surface area (Å²) in [5.41, 5.74) is -0.622. The van der Waals surface area contributed by atoms with Gasteiger partial charge in [0.2, 0.25) is 15.9 Å². The lowest BCUT2D eigenvalue weighted by molar-refractivity contribution is -0.160. The molecule has 0 aromatic rings. The van der Waals surface area contributed by atoms with Gasteiger partial charge in [0.25, 0.3) is 0 Å². The second-order valence-corrected chi connectivity index (χ2v) is 5.08. The maximum Gasteiger partial charge on any atom is 0.244 e. The largest absolute Gasteiger partial charge is 0.379 e. The van der Waals surface area contributed by atoms with Crippen molar-refractivity contribution in [3.63, 3.8) is 0 Å². The second kappa shape index (κ2) is 3.26. The molecule has 1 heterocycles. The average Bonchev–Trinajstić information content (AvgIpc) is 1.80. The Hall–Kier alpha value is -0.620. The molecule has 1 N–H and O–H groups in total. The van der Waals surface area contributed by atoms with Crippen LogP contribution in [0.1, 0.15) is 13.3 Å². The van der Waals surface area contributed by atoms with E-state index in [1.807, 2.05) is 11.6 Å². The fraction of sp³-hybridized carbons (Fsp3) is 0.857. The molecule has 13 heavy (non-hydrogen) atoms. The number of hydrogen-bond acceptors (Lipinski definition) is 4. The Morgan fingerprint density at radius 2 is 2.08 bits per heavy atom. The summed E-state index contributed by atoms with van der Waals surface area (Å²) in [6.07, 6.45) is 1.56. The van der Waals surface area contributed by atoms with Gasteiger partial charge in [-0.1, -0.05) is 6.92 Å². The van der Waals surface area contributed by atoms with Crippen molar-refractivity contribution in [2.75, 3.05) is 19.5 Å². The molecule has 76 valence electrons. The van der Waals surface area contributed by atoms with Crippen molar-refractivity contribution in [3.8, 4) is 0 Å². The molecule has 0 radical (unpaired) electrons. The summed E-state index contributed by atoms with van der Waals surface area (Å²) >= 11 is 0. The number of sulfonamides is 1. The molecule has 1 amide bonds. The van der Waals surface area contributed by atoms with Crippen LogP contribution < -0.4 is 4.72 Å². The minimum atomic E-state index is -3.45. The second-order valence-electron chi connectivity index (χ2n) is 3.33. The van der Waals surface area contributed by atoms with Gasteiger partial charge in [0.15, 0.2) is 0 Å². The van der Waals surface area contributed by atoms with Crippen molar-refractivity contribution in [1.82, 2.24) is 4.72 Å². The summed E-state index contributed by atoms with van der Waals surface area (Å²) in [5.74, 6) is -0.455. The number of carbonyl (C=O) groups excluding carboxylic acids is 1. The number of rotatable bonds is 3. The summed E-state index contributed by atoms with van der Waals surface area (Å²) in [7, 11) is -3.45.